The molecule has 2 heterocycles. The van der Waals surface area contributed by atoms with Crippen LogP contribution in [0, 0.1) is 6.92 Å². The zero-order valence-corrected chi connectivity index (χ0v) is 10.1. The third-order valence-corrected chi connectivity index (χ3v) is 2.76. The fourth-order valence-electron chi connectivity index (χ4n) is 1.65. The van der Waals surface area contributed by atoms with Crippen molar-refractivity contribution in [3.8, 4) is 0 Å². The van der Waals surface area contributed by atoms with E-state index in [1.807, 2.05) is 37.1 Å². The monoisotopic (exact) mass is 232 g/mol. The number of hydrogen-bond donors (Lipinski definition) is 1. The zero-order valence-electron chi connectivity index (χ0n) is 10.1. The molecule has 0 aromatic carbocycles. The second kappa shape index (κ2) is 5.01. The van der Waals surface area contributed by atoms with E-state index >= 15 is 0 Å². The minimum absolute atomic E-state index is 0.0256. The minimum Gasteiger partial charge on any atom is -0.469 e. The molecular formula is C13H16N2O2. The number of nitrogens with zero attached hydrogens (tertiary/aromatic N) is 2. The standard InChI is InChI=1S/C13H16N2O2/c1-10-12(5-6-17-10)8-15(2)13-4-3-11(9-16)7-14-13/h3-7,16H,8-9H2,1-2H3. The topological polar surface area (TPSA) is 49.5 Å². The number of aromatic nitrogens is 1. The fourth-order valence-corrected chi connectivity index (χ4v) is 1.65. The number of aliphatic hydroxyl groups excluding tert-OH is 1. The van der Waals surface area contributed by atoms with Crippen LogP contribution in [-0.4, -0.2) is 17.1 Å². The Morgan fingerprint density at radius 3 is 2.71 bits per heavy atom. The molecule has 4 heteroatoms. The van der Waals surface area contributed by atoms with Gasteiger partial charge in [0.25, 0.3) is 0 Å². The second-order valence-electron chi connectivity index (χ2n) is 4.04. The Kier molecular flexibility index (Phi) is 3.44. The highest BCUT2D eigenvalue weighted by Crippen LogP contribution is 2.16. The molecule has 0 fully saturated rings. The van der Waals surface area contributed by atoms with Crippen molar-refractivity contribution in [3.05, 3.63) is 47.5 Å². The molecule has 4 nitrogen and oxygen atoms in total. The molecule has 0 amide bonds. The van der Waals surface area contributed by atoms with Gasteiger partial charge in [0.2, 0.25) is 0 Å². The van der Waals surface area contributed by atoms with Gasteiger partial charge in [-0.2, -0.15) is 0 Å². The van der Waals surface area contributed by atoms with Crippen LogP contribution in [0.25, 0.3) is 0 Å². The summed E-state index contributed by atoms with van der Waals surface area (Å²) in [4.78, 5) is 6.34. The molecular weight excluding hydrogens is 216 g/mol. The van der Waals surface area contributed by atoms with Crippen molar-refractivity contribution >= 4 is 5.82 Å². The lowest BCUT2D eigenvalue weighted by molar-refractivity contribution is 0.281. The van der Waals surface area contributed by atoms with Crippen molar-refractivity contribution in [2.24, 2.45) is 0 Å². The van der Waals surface area contributed by atoms with Crippen LogP contribution in [0.1, 0.15) is 16.9 Å². The third kappa shape index (κ3) is 2.65. The predicted molar refractivity (Wildman–Crippen MR) is 65.7 cm³/mol. The van der Waals surface area contributed by atoms with Crippen LogP contribution in [0.3, 0.4) is 0 Å². The van der Waals surface area contributed by atoms with E-state index in [1.54, 1.807) is 12.5 Å². The van der Waals surface area contributed by atoms with Gasteiger partial charge >= 0.3 is 0 Å². The summed E-state index contributed by atoms with van der Waals surface area (Å²) >= 11 is 0. The van der Waals surface area contributed by atoms with Crippen LogP contribution in [0.4, 0.5) is 5.82 Å². The highest BCUT2D eigenvalue weighted by Gasteiger charge is 2.07. The smallest absolute Gasteiger partial charge is 0.128 e. The van der Waals surface area contributed by atoms with Gasteiger partial charge in [0.05, 0.1) is 12.9 Å². The molecule has 0 bridgehead atoms. The number of furan rings is 1. The minimum atomic E-state index is 0.0256. The van der Waals surface area contributed by atoms with Crippen LogP contribution in [0.2, 0.25) is 0 Å². The summed E-state index contributed by atoms with van der Waals surface area (Å²) in [5, 5.41) is 8.94. The van der Waals surface area contributed by atoms with Crippen LogP contribution in [0.15, 0.2) is 35.1 Å². The maximum Gasteiger partial charge on any atom is 0.128 e. The Morgan fingerprint density at radius 1 is 1.35 bits per heavy atom. The first-order chi connectivity index (χ1) is 8.20. The van der Waals surface area contributed by atoms with E-state index in [1.165, 1.54) is 0 Å². The molecule has 0 aliphatic carbocycles. The highest BCUT2D eigenvalue weighted by atomic mass is 16.3. The summed E-state index contributed by atoms with van der Waals surface area (Å²) in [6.07, 6.45) is 3.38. The van der Waals surface area contributed by atoms with Crippen molar-refractivity contribution in [2.75, 3.05) is 11.9 Å². The summed E-state index contributed by atoms with van der Waals surface area (Å²) in [7, 11) is 1.98. The van der Waals surface area contributed by atoms with Gasteiger partial charge in [-0.25, -0.2) is 4.98 Å². The lowest BCUT2D eigenvalue weighted by Crippen LogP contribution is -2.17. The van der Waals surface area contributed by atoms with E-state index in [-0.39, 0.29) is 6.61 Å². The summed E-state index contributed by atoms with van der Waals surface area (Å²) in [5.41, 5.74) is 1.97. The molecule has 0 unspecified atom stereocenters. The largest absolute Gasteiger partial charge is 0.469 e. The van der Waals surface area contributed by atoms with Gasteiger partial charge in [-0.3, -0.25) is 0 Å². The molecule has 0 aliphatic rings. The molecule has 1 N–H and O–H groups in total. The second-order valence-corrected chi connectivity index (χ2v) is 4.04. The van der Waals surface area contributed by atoms with E-state index in [0.717, 1.165) is 29.2 Å². The lowest BCUT2D eigenvalue weighted by atomic mass is 10.2. The molecule has 0 atom stereocenters. The molecule has 0 radical (unpaired) electrons. The van der Waals surface area contributed by atoms with E-state index < -0.39 is 0 Å². The molecule has 0 aliphatic heterocycles. The SMILES string of the molecule is Cc1occc1CN(C)c1ccc(CO)cn1. The van der Waals surface area contributed by atoms with E-state index in [0.29, 0.717) is 0 Å². The summed E-state index contributed by atoms with van der Waals surface area (Å²) in [6.45, 7) is 2.73. The van der Waals surface area contributed by atoms with E-state index in [2.05, 4.69) is 4.98 Å². The normalized spacial score (nSPS) is 10.5. The van der Waals surface area contributed by atoms with Crippen LogP contribution < -0.4 is 4.90 Å². The number of anilines is 1. The number of rotatable bonds is 4. The van der Waals surface area contributed by atoms with Crippen LogP contribution in [0.5, 0.6) is 0 Å². The molecule has 90 valence electrons. The first-order valence-electron chi connectivity index (χ1n) is 5.50. The number of pyridine rings is 1. The lowest BCUT2D eigenvalue weighted by Gasteiger charge is -2.17. The molecule has 2 rings (SSSR count). The zero-order chi connectivity index (χ0) is 12.3. The fraction of sp³-hybridized carbons (Fsp3) is 0.308. The third-order valence-electron chi connectivity index (χ3n) is 2.76. The number of aliphatic hydroxyl groups is 1. The first-order valence-corrected chi connectivity index (χ1v) is 5.50. The Morgan fingerprint density at radius 2 is 2.18 bits per heavy atom. The van der Waals surface area contributed by atoms with Gasteiger partial charge in [0, 0.05) is 25.4 Å². The van der Waals surface area contributed by atoms with Crippen molar-refractivity contribution in [1.82, 2.24) is 4.98 Å². The molecule has 17 heavy (non-hydrogen) atoms. The Balaban J connectivity index is 2.09. The Hall–Kier alpha value is -1.81. The van der Waals surface area contributed by atoms with Gasteiger partial charge in [0.1, 0.15) is 11.6 Å². The van der Waals surface area contributed by atoms with Crippen molar-refractivity contribution in [1.29, 1.82) is 0 Å². The Bertz CT molecular complexity index is 476. The molecule has 2 aromatic heterocycles. The average Bonchev–Trinajstić information content (AvgIpc) is 2.75. The molecule has 0 spiro atoms. The van der Waals surface area contributed by atoms with Crippen molar-refractivity contribution in [3.63, 3.8) is 0 Å². The van der Waals surface area contributed by atoms with Crippen LogP contribution >= 0.6 is 0 Å². The Labute approximate surface area is 101 Å². The van der Waals surface area contributed by atoms with Gasteiger partial charge in [-0.15, -0.1) is 0 Å². The van der Waals surface area contributed by atoms with Gasteiger partial charge < -0.3 is 14.4 Å². The van der Waals surface area contributed by atoms with Gasteiger partial charge in [-0.1, -0.05) is 6.07 Å². The van der Waals surface area contributed by atoms with E-state index in [4.69, 9.17) is 9.52 Å². The average molecular weight is 232 g/mol. The molecule has 0 saturated heterocycles. The van der Waals surface area contributed by atoms with E-state index in [9.17, 15) is 0 Å². The van der Waals surface area contributed by atoms with Gasteiger partial charge in [-0.05, 0) is 24.6 Å². The molecule has 2 aromatic rings. The maximum absolute atomic E-state index is 8.94. The maximum atomic E-state index is 8.94. The quantitative estimate of drug-likeness (QED) is 0.877. The predicted octanol–water partition coefficient (Wildman–Crippen LogP) is 2.11. The summed E-state index contributed by atoms with van der Waals surface area (Å²) in [5.74, 6) is 1.81. The van der Waals surface area contributed by atoms with Gasteiger partial charge in [0.15, 0.2) is 0 Å². The summed E-state index contributed by atoms with van der Waals surface area (Å²) < 4.78 is 5.26. The van der Waals surface area contributed by atoms with Crippen molar-refractivity contribution < 1.29 is 9.52 Å². The first kappa shape index (κ1) is 11.7. The number of hydrogen-bond acceptors (Lipinski definition) is 4. The number of aryl methyl sites for hydroxylation is 1. The highest BCUT2D eigenvalue weighted by molar-refractivity contribution is 5.39. The summed E-state index contributed by atoms with van der Waals surface area (Å²) in [6, 6.07) is 5.75. The van der Waals surface area contributed by atoms with Crippen LogP contribution in [-0.2, 0) is 13.2 Å². The molecule has 0 saturated carbocycles. The van der Waals surface area contributed by atoms with Crippen molar-refractivity contribution in [2.45, 2.75) is 20.1 Å².